The number of carbonyl (C=O) groups excluding carboxylic acids is 1. The Morgan fingerprint density at radius 3 is 2.76 bits per heavy atom. The first-order valence-electron chi connectivity index (χ1n) is 9.89. The molecule has 2 aromatic carbocycles. The van der Waals surface area contributed by atoms with Gasteiger partial charge in [-0.25, -0.2) is 0 Å². The summed E-state index contributed by atoms with van der Waals surface area (Å²) < 4.78 is 0. The fraction of sp³-hybridized carbons (Fsp3) is 0.364. The van der Waals surface area contributed by atoms with Crippen molar-refractivity contribution in [3.63, 3.8) is 0 Å². The second-order valence-electron chi connectivity index (χ2n) is 7.12. The van der Waals surface area contributed by atoms with Crippen molar-refractivity contribution in [3.8, 4) is 0 Å². The third-order valence-electron chi connectivity index (χ3n) is 5.06. The van der Waals surface area contributed by atoms with E-state index in [4.69, 9.17) is 11.6 Å². The summed E-state index contributed by atoms with van der Waals surface area (Å²) in [6, 6.07) is 16.2. The zero-order valence-corrected chi connectivity index (χ0v) is 17.7. The lowest BCUT2D eigenvalue weighted by Gasteiger charge is -2.20. The highest BCUT2D eigenvalue weighted by atomic mass is 35.5. The second-order valence-corrected chi connectivity index (χ2v) is 7.53. The molecule has 2 aromatic rings. The highest BCUT2D eigenvalue weighted by Crippen LogP contribution is 2.23. The molecule has 1 saturated heterocycles. The molecular weight excluding hydrogens is 386 g/mol. The van der Waals surface area contributed by atoms with Gasteiger partial charge in [0.05, 0.1) is 0 Å². The van der Waals surface area contributed by atoms with Crippen molar-refractivity contribution in [3.05, 3.63) is 59.1 Å². The third kappa shape index (κ3) is 5.87. The van der Waals surface area contributed by atoms with Gasteiger partial charge in [0, 0.05) is 55.5 Å². The molecule has 3 rings (SSSR count). The van der Waals surface area contributed by atoms with Crippen LogP contribution in [0.15, 0.2) is 53.5 Å². The van der Waals surface area contributed by atoms with Gasteiger partial charge in [-0.05, 0) is 43.2 Å². The molecule has 1 fully saturated rings. The van der Waals surface area contributed by atoms with Crippen LogP contribution in [-0.2, 0) is 4.79 Å². The lowest BCUT2D eigenvalue weighted by molar-refractivity contribution is -0.116. The van der Waals surface area contributed by atoms with E-state index in [1.54, 1.807) is 7.05 Å². The summed E-state index contributed by atoms with van der Waals surface area (Å²) in [5.41, 5.74) is 2.86. The molecule has 1 atom stereocenters. The van der Waals surface area contributed by atoms with E-state index in [0.717, 1.165) is 36.7 Å². The van der Waals surface area contributed by atoms with E-state index in [2.05, 4.69) is 50.1 Å². The summed E-state index contributed by atoms with van der Waals surface area (Å²) >= 11 is 6.10. The second kappa shape index (κ2) is 10.2. The summed E-state index contributed by atoms with van der Waals surface area (Å²) in [7, 11) is 1.74. The molecule has 0 aliphatic carbocycles. The maximum absolute atomic E-state index is 12.2. The molecule has 0 spiro atoms. The Balaban J connectivity index is 1.42. The van der Waals surface area contributed by atoms with Crippen LogP contribution >= 0.6 is 11.6 Å². The van der Waals surface area contributed by atoms with Crippen molar-refractivity contribution < 1.29 is 4.79 Å². The van der Waals surface area contributed by atoms with Crippen molar-refractivity contribution >= 4 is 34.8 Å². The smallest absolute Gasteiger partial charge is 0.226 e. The van der Waals surface area contributed by atoms with Crippen molar-refractivity contribution in [1.29, 1.82) is 0 Å². The van der Waals surface area contributed by atoms with Gasteiger partial charge in [0.25, 0.3) is 0 Å². The first-order chi connectivity index (χ1) is 14.1. The molecule has 0 aromatic heterocycles. The average Bonchev–Trinajstić information content (AvgIpc) is 3.20. The minimum atomic E-state index is -0.0607. The molecular formula is C22H28ClN5O. The highest BCUT2D eigenvalue weighted by molar-refractivity contribution is 6.31. The van der Waals surface area contributed by atoms with Gasteiger partial charge < -0.3 is 20.9 Å². The van der Waals surface area contributed by atoms with Crippen molar-refractivity contribution in [1.82, 2.24) is 10.6 Å². The van der Waals surface area contributed by atoms with Gasteiger partial charge in [-0.15, -0.1) is 0 Å². The van der Waals surface area contributed by atoms with E-state index < -0.39 is 0 Å². The quantitative estimate of drug-likeness (QED) is 0.501. The van der Waals surface area contributed by atoms with E-state index in [9.17, 15) is 4.79 Å². The van der Waals surface area contributed by atoms with E-state index in [1.165, 1.54) is 5.69 Å². The number of para-hydroxylation sites is 1. The monoisotopic (exact) mass is 413 g/mol. The van der Waals surface area contributed by atoms with Gasteiger partial charge in [-0.1, -0.05) is 35.9 Å². The number of nitrogens with zero attached hydrogens (tertiary/aromatic N) is 2. The Kier molecular flexibility index (Phi) is 7.36. The Hall–Kier alpha value is -2.73. The van der Waals surface area contributed by atoms with Crippen molar-refractivity contribution in [2.75, 3.05) is 36.9 Å². The van der Waals surface area contributed by atoms with Crippen LogP contribution in [-0.4, -0.2) is 44.6 Å². The van der Waals surface area contributed by atoms with Crippen LogP contribution in [0.3, 0.4) is 0 Å². The number of amides is 1. The number of halogens is 1. The number of nitrogens with one attached hydrogen (secondary N) is 3. The molecule has 1 amide bonds. The number of hydrogen-bond donors (Lipinski definition) is 3. The normalized spacial score (nSPS) is 16.6. The van der Waals surface area contributed by atoms with Gasteiger partial charge in [-0.3, -0.25) is 9.79 Å². The van der Waals surface area contributed by atoms with Crippen LogP contribution in [0.2, 0.25) is 5.02 Å². The molecule has 6 nitrogen and oxygen atoms in total. The van der Waals surface area contributed by atoms with Gasteiger partial charge in [0.15, 0.2) is 5.96 Å². The molecule has 0 saturated carbocycles. The van der Waals surface area contributed by atoms with E-state index in [-0.39, 0.29) is 5.91 Å². The van der Waals surface area contributed by atoms with Gasteiger partial charge >= 0.3 is 0 Å². The summed E-state index contributed by atoms with van der Waals surface area (Å²) in [5.74, 6) is 0.658. The van der Waals surface area contributed by atoms with Crippen LogP contribution in [0.25, 0.3) is 0 Å². The van der Waals surface area contributed by atoms with E-state index >= 15 is 0 Å². The molecule has 1 heterocycles. The zero-order chi connectivity index (χ0) is 20.6. The Morgan fingerprint density at radius 2 is 2.00 bits per heavy atom. The zero-order valence-electron chi connectivity index (χ0n) is 16.9. The molecule has 29 heavy (non-hydrogen) atoms. The lowest BCUT2D eigenvalue weighted by Crippen LogP contribution is -2.45. The van der Waals surface area contributed by atoms with Crippen LogP contribution in [0.5, 0.6) is 0 Å². The van der Waals surface area contributed by atoms with Gasteiger partial charge in [0.1, 0.15) is 0 Å². The largest absolute Gasteiger partial charge is 0.369 e. The predicted molar refractivity (Wildman–Crippen MR) is 121 cm³/mol. The Labute approximate surface area is 177 Å². The first kappa shape index (κ1) is 21.0. The number of benzene rings is 2. The number of guanidine groups is 1. The predicted octanol–water partition coefficient (Wildman–Crippen LogP) is 3.42. The summed E-state index contributed by atoms with van der Waals surface area (Å²) in [6.45, 7) is 4.34. The number of anilines is 2. The summed E-state index contributed by atoms with van der Waals surface area (Å²) in [6.07, 6.45) is 1.39. The molecule has 0 radical (unpaired) electrons. The minimum Gasteiger partial charge on any atom is -0.369 e. The van der Waals surface area contributed by atoms with Crippen LogP contribution in [0.4, 0.5) is 11.4 Å². The summed E-state index contributed by atoms with van der Waals surface area (Å²) in [4.78, 5) is 18.9. The van der Waals surface area contributed by atoms with Crippen LogP contribution < -0.4 is 20.9 Å². The minimum absolute atomic E-state index is 0.0607. The Morgan fingerprint density at radius 1 is 1.21 bits per heavy atom. The summed E-state index contributed by atoms with van der Waals surface area (Å²) in [5, 5.41) is 10.2. The maximum atomic E-state index is 12.2. The fourth-order valence-corrected chi connectivity index (χ4v) is 3.56. The number of rotatable bonds is 6. The Bertz CT molecular complexity index is 856. The molecule has 7 heteroatoms. The van der Waals surface area contributed by atoms with E-state index in [0.29, 0.717) is 24.0 Å². The molecule has 0 bridgehead atoms. The van der Waals surface area contributed by atoms with Crippen molar-refractivity contribution in [2.24, 2.45) is 4.99 Å². The fourth-order valence-electron chi connectivity index (χ4n) is 3.39. The molecule has 3 N–H and O–H groups in total. The highest BCUT2D eigenvalue weighted by Gasteiger charge is 2.23. The van der Waals surface area contributed by atoms with Crippen LogP contribution in [0, 0.1) is 6.92 Å². The van der Waals surface area contributed by atoms with E-state index in [1.807, 2.05) is 31.2 Å². The topological polar surface area (TPSA) is 68.8 Å². The number of carbonyl (C=O) groups is 1. The standard InChI is InChI=1S/C22H28ClN5O/c1-16-19(23)9-6-10-20(16)27-21(29)11-13-25-22(24-2)26-17-12-14-28(15-17)18-7-4-3-5-8-18/h3-10,17H,11-15H2,1-2H3,(H,27,29)(H2,24,25,26). The van der Waals surface area contributed by atoms with Gasteiger partial charge in [-0.2, -0.15) is 0 Å². The van der Waals surface area contributed by atoms with Crippen LogP contribution in [0.1, 0.15) is 18.4 Å². The molecule has 1 unspecified atom stereocenters. The number of hydrogen-bond acceptors (Lipinski definition) is 3. The van der Waals surface area contributed by atoms with Crippen molar-refractivity contribution in [2.45, 2.75) is 25.8 Å². The van der Waals surface area contributed by atoms with Gasteiger partial charge in [0.2, 0.25) is 5.91 Å². The molecule has 154 valence electrons. The SMILES string of the molecule is CN=C(NCCC(=O)Nc1cccc(Cl)c1C)NC1CCN(c2ccccc2)C1. The number of aliphatic imine (C=N–C) groups is 1. The third-order valence-corrected chi connectivity index (χ3v) is 5.47. The molecule has 1 aliphatic heterocycles. The average molecular weight is 414 g/mol. The maximum Gasteiger partial charge on any atom is 0.226 e. The first-order valence-corrected chi connectivity index (χ1v) is 10.3. The molecule has 1 aliphatic rings. The lowest BCUT2D eigenvalue weighted by atomic mass is 10.2.